The summed E-state index contributed by atoms with van der Waals surface area (Å²) in [6.07, 6.45) is -1.68. The molecule has 194 valence electrons. The van der Waals surface area contributed by atoms with Crippen LogP contribution in [0.1, 0.15) is 59.8 Å². The van der Waals surface area contributed by atoms with Crippen molar-refractivity contribution in [3.05, 3.63) is 53.0 Å². The molecule has 8 nitrogen and oxygen atoms in total. The van der Waals surface area contributed by atoms with Gasteiger partial charge in [0.25, 0.3) is 0 Å². The van der Waals surface area contributed by atoms with Crippen molar-refractivity contribution in [2.75, 3.05) is 18.4 Å². The molecule has 0 radical (unpaired) electrons. The molecule has 36 heavy (non-hydrogen) atoms. The number of piperidine rings is 1. The van der Waals surface area contributed by atoms with Gasteiger partial charge in [0.15, 0.2) is 5.78 Å². The van der Waals surface area contributed by atoms with Gasteiger partial charge in [-0.1, -0.05) is 6.07 Å². The lowest BCUT2D eigenvalue weighted by Crippen LogP contribution is -2.44. The average molecular weight is 506 g/mol. The summed E-state index contributed by atoms with van der Waals surface area (Å²) < 4.78 is 38.8. The lowest BCUT2D eigenvalue weighted by molar-refractivity contribution is -0.137. The Kier molecular flexibility index (Phi) is 7.89. The van der Waals surface area contributed by atoms with Crippen LogP contribution in [0.4, 0.5) is 19.0 Å². The highest BCUT2D eigenvalue weighted by Crippen LogP contribution is 2.32. The fourth-order valence-electron chi connectivity index (χ4n) is 4.73. The zero-order chi connectivity index (χ0) is 25.9. The minimum Gasteiger partial charge on any atom is -0.391 e. The first-order chi connectivity index (χ1) is 17.1. The van der Waals surface area contributed by atoms with E-state index in [0.29, 0.717) is 30.9 Å². The molecule has 0 saturated carbocycles. The molecule has 0 aliphatic carbocycles. The molecule has 1 saturated heterocycles. The molecular weight excluding hydrogens is 475 g/mol. The highest BCUT2D eigenvalue weighted by Gasteiger charge is 2.32. The van der Waals surface area contributed by atoms with E-state index >= 15 is 0 Å². The molecule has 1 aromatic heterocycles. The van der Waals surface area contributed by atoms with Gasteiger partial charge in [0.1, 0.15) is 17.8 Å². The summed E-state index contributed by atoms with van der Waals surface area (Å²) in [5.74, 6) is 0.379. The maximum atomic E-state index is 12.9. The molecule has 0 bridgehead atoms. The number of aromatic nitrogens is 2. The molecule has 4 rings (SSSR count). The minimum atomic E-state index is -4.39. The highest BCUT2D eigenvalue weighted by atomic mass is 19.4. The number of nitrogens with one attached hydrogen (secondary N) is 2. The van der Waals surface area contributed by atoms with Gasteiger partial charge in [0.05, 0.1) is 11.7 Å². The zero-order valence-electron chi connectivity index (χ0n) is 20.0. The van der Waals surface area contributed by atoms with E-state index in [1.54, 1.807) is 17.9 Å². The van der Waals surface area contributed by atoms with Gasteiger partial charge >= 0.3 is 6.18 Å². The van der Waals surface area contributed by atoms with E-state index in [1.165, 1.54) is 12.4 Å². The molecule has 3 N–H and O–H groups in total. The summed E-state index contributed by atoms with van der Waals surface area (Å²) in [4.78, 5) is 34.3. The van der Waals surface area contributed by atoms with Crippen LogP contribution in [0.5, 0.6) is 0 Å². The standard InChI is InChI=1S/C25H30F3N5O3/c1-15(34)33-8-6-19(7-9-33)32-24-12-21(30-14-31-24)23(36)5-4-22(35)20-11-16-2-3-18(25(26,27)28)10-17(16)13-29-20/h2-3,10,12,14,19-20,22,29,35H,4-9,11,13H2,1H3,(H,30,31,32)/t20-,22+/m0/s1. The van der Waals surface area contributed by atoms with Crippen molar-refractivity contribution in [2.24, 2.45) is 0 Å². The van der Waals surface area contributed by atoms with Crippen LogP contribution in [0.2, 0.25) is 0 Å². The third kappa shape index (κ3) is 6.38. The Bertz CT molecular complexity index is 1100. The van der Waals surface area contributed by atoms with Crippen molar-refractivity contribution in [2.45, 2.75) is 69.9 Å². The Hall–Kier alpha value is -3.05. The predicted octanol–water partition coefficient (Wildman–Crippen LogP) is 2.96. The number of aliphatic hydroxyl groups is 1. The van der Waals surface area contributed by atoms with E-state index in [1.807, 2.05) is 0 Å². The quantitative estimate of drug-likeness (QED) is 0.497. The van der Waals surface area contributed by atoms with Crippen molar-refractivity contribution in [3.63, 3.8) is 0 Å². The molecule has 3 heterocycles. The average Bonchev–Trinajstić information content (AvgIpc) is 2.86. The minimum absolute atomic E-state index is 0.0637. The second-order valence-electron chi connectivity index (χ2n) is 9.42. The Morgan fingerprint density at radius 3 is 2.64 bits per heavy atom. The van der Waals surface area contributed by atoms with Crippen molar-refractivity contribution < 1.29 is 27.9 Å². The number of hydrogen-bond acceptors (Lipinski definition) is 7. The van der Waals surface area contributed by atoms with Crippen LogP contribution in [0.15, 0.2) is 30.6 Å². The summed E-state index contributed by atoms with van der Waals surface area (Å²) in [5, 5.41) is 17.0. The van der Waals surface area contributed by atoms with E-state index in [0.717, 1.165) is 30.5 Å². The first kappa shape index (κ1) is 26.0. The SMILES string of the molecule is CC(=O)N1CCC(Nc2cc(C(=O)CC[C@@H](O)[C@@H]3Cc4ccc(C(F)(F)F)cc4CN3)ncn2)CC1. The van der Waals surface area contributed by atoms with Crippen molar-refractivity contribution >= 4 is 17.5 Å². The number of rotatable bonds is 7. The van der Waals surface area contributed by atoms with Crippen LogP contribution in [0, 0.1) is 0 Å². The van der Waals surface area contributed by atoms with Crippen molar-refractivity contribution in [1.82, 2.24) is 20.2 Å². The molecule has 2 atom stereocenters. The van der Waals surface area contributed by atoms with Gasteiger partial charge < -0.3 is 20.6 Å². The summed E-state index contributed by atoms with van der Waals surface area (Å²) in [6, 6.07) is 5.05. The van der Waals surface area contributed by atoms with Gasteiger partial charge in [-0.25, -0.2) is 9.97 Å². The number of likely N-dealkylation sites (tertiary alicyclic amines) is 1. The normalized spacial score (nSPS) is 19.5. The summed E-state index contributed by atoms with van der Waals surface area (Å²) in [6.45, 7) is 3.13. The van der Waals surface area contributed by atoms with E-state index in [4.69, 9.17) is 0 Å². The van der Waals surface area contributed by atoms with Gasteiger partial charge in [-0.15, -0.1) is 0 Å². The number of aliphatic hydroxyl groups excluding tert-OH is 1. The largest absolute Gasteiger partial charge is 0.416 e. The molecule has 2 aliphatic rings. The number of Topliss-reactive ketones (excluding diaryl/α,β-unsaturated/α-hetero) is 1. The zero-order valence-corrected chi connectivity index (χ0v) is 20.0. The number of amides is 1. The molecule has 0 unspecified atom stereocenters. The lowest BCUT2D eigenvalue weighted by Gasteiger charge is -2.31. The fraction of sp³-hybridized carbons (Fsp3) is 0.520. The van der Waals surface area contributed by atoms with Crippen LogP contribution in [-0.4, -0.2) is 62.9 Å². The molecule has 1 aromatic carbocycles. The van der Waals surface area contributed by atoms with Gasteiger partial charge in [-0.3, -0.25) is 9.59 Å². The van der Waals surface area contributed by atoms with Crippen LogP contribution < -0.4 is 10.6 Å². The molecule has 11 heteroatoms. The summed E-state index contributed by atoms with van der Waals surface area (Å²) in [5.41, 5.74) is 0.894. The van der Waals surface area contributed by atoms with Crippen molar-refractivity contribution in [3.8, 4) is 0 Å². The number of fused-ring (bicyclic) bond motifs is 1. The number of ketones is 1. The van der Waals surface area contributed by atoms with E-state index < -0.39 is 17.8 Å². The summed E-state index contributed by atoms with van der Waals surface area (Å²) in [7, 11) is 0. The molecule has 2 aromatic rings. The lowest BCUT2D eigenvalue weighted by atomic mass is 9.90. The first-order valence-electron chi connectivity index (χ1n) is 12.1. The number of carbonyl (C=O) groups excluding carboxylic acids is 2. The first-order valence-corrected chi connectivity index (χ1v) is 12.1. The maximum absolute atomic E-state index is 12.9. The monoisotopic (exact) mass is 505 g/mol. The van der Waals surface area contributed by atoms with E-state index in [-0.39, 0.29) is 48.9 Å². The molecular formula is C25H30F3N5O3. The van der Waals surface area contributed by atoms with Crippen LogP contribution in [0.25, 0.3) is 0 Å². The summed E-state index contributed by atoms with van der Waals surface area (Å²) >= 11 is 0. The second-order valence-corrected chi connectivity index (χ2v) is 9.42. The number of carbonyl (C=O) groups is 2. The number of anilines is 1. The Morgan fingerprint density at radius 2 is 1.94 bits per heavy atom. The number of nitrogens with zero attached hydrogens (tertiary/aromatic N) is 3. The second kappa shape index (κ2) is 10.9. The van der Waals surface area contributed by atoms with Crippen molar-refractivity contribution in [1.29, 1.82) is 0 Å². The van der Waals surface area contributed by atoms with Gasteiger partial charge in [0, 0.05) is 51.1 Å². The van der Waals surface area contributed by atoms with Crippen LogP contribution in [-0.2, 0) is 23.9 Å². The van der Waals surface area contributed by atoms with E-state index in [9.17, 15) is 27.9 Å². The topological polar surface area (TPSA) is 107 Å². The number of benzene rings is 1. The molecule has 1 amide bonds. The van der Waals surface area contributed by atoms with Gasteiger partial charge in [-0.05, 0) is 48.9 Å². The Labute approximate surface area is 207 Å². The van der Waals surface area contributed by atoms with Crippen LogP contribution in [0.3, 0.4) is 0 Å². The highest BCUT2D eigenvalue weighted by molar-refractivity contribution is 5.94. The maximum Gasteiger partial charge on any atom is 0.416 e. The van der Waals surface area contributed by atoms with Crippen LogP contribution >= 0.6 is 0 Å². The number of alkyl halides is 3. The Balaban J connectivity index is 1.28. The third-order valence-corrected chi connectivity index (χ3v) is 6.90. The van der Waals surface area contributed by atoms with E-state index in [2.05, 4.69) is 20.6 Å². The molecule has 0 spiro atoms. The number of halogens is 3. The third-order valence-electron chi connectivity index (χ3n) is 6.90. The molecule has 2 aliphatic heterocycles. The number of hydrogen-bond donors (Lipinski definition) is 3. The van der Waals surface area contributed by atoms with Gasteiger partial charge in [0.2, 0.25) is 5.91 Å². The Morgan fingerprint density at radius 1 is 1.19 bits per heavy atom. The fourth-order valence-corrected chi connectivity index (χ4v) is 4.73. The van der Waals surface area contributed by atoms with Gasteiger partial charge in [-0.2, -0.15) is 13.2 Å². The predicted molar refractivity (Wildman–Crippen MR) is 126 cm³/mol. The smallest absolute Gasteiger partial charge is 0.391 e. The molecule has 1 fully saturated rings.